The molecule has 6 nitrogen and oxygen atoms in total. The fourth-order valence-electron chi connectivity index (χ4n) is 1.05. The maximum absolute atomic E-state index is 11.9. The van der Waals surface area contributed by atoms with Crippen LogP contribution in [0.25, 0.3) is 0 Å². The fourth-order valence-corrected chi connectivity index (χ4v) is 3.35. The molecule has 0 bridgehead atoms. The highest BCUT2D eigenvalue weighted by atomic mass is 79.9. The zero-order chi connectivity index (χ0) is 12.5. The topological polar surface area (TPSA) is 84.8 Å². The van der Waals surface area contributed by atoms with E-state index in [-0.39, 0.29) is 10.0 Å². The highest BCUT2D eigenvalue weighted by Crippen LogP contribution is 2.19. The summed E-state index contributed by atoms with van der Waals surface area (Å²) in [6, 6.07) is 1.46. The minimum Gasteiger partial charge on any atom is -0.262 e. The minimum absolute atomic E-state index is 0.0692. The van der Waals surface area contributed by atoms with Gasteiger partial charge in [0, 0.05) is 28.4 Å². The summed E-state index contributed by atoms with van der Waals surface area (Å²) in [7, 11) is -3.66. The van der Waals surface area contributed by atoms with Gasteiger partial charge in [-0.15, -0.1) is 0 Å². The molecule has 0 atom stereocenters. The fraction of sp³-hybridized carbons (Fsp3) is 0.125. The highest BCUT2D eigenvalue weighted by Gasteiger charge is 2.16. The van der Waals surface area contributed by atoms with E-state index < -0.39 is 10.0 Å². The molecule has 2 rings (SSSR count). The Kier molecular flexibility index (Phi) is 3.40. The first-order chi connectivity index (χ1) is 7.97. The van der Waals surface area contributed by atoms with Crippen LogP contribution in [0.5, 0.6) is 0 Å². The number of nitrogens with one attached hydrogen (secondary N) is 1. The Morgan fingerprint density at radius 3 is 2.76 bits per heavy atom. The first-order valence-electron chi connectivity index (χ1n) is 4.41. The molecule has 0 aromatic carbocycles. The maximum Gasteiger partial charge on any atom is 0.265 e. The number of anilines is 1. The van der Waals surface area contributed by atoms with Crippen molar-refractivity contribution in [1.82, 2.24) is 14.3 Å². The van der Waals surface area contributed by atoms with E-state index in [4.69, 9.17) is 0 Å². The number of aryl methyl sites for hydroxylation is 1. The van der Waals surface area contributed by atoms with E-state index in [0.29, 0.717) is 10.3 Å². The van der Waals surface area contributed by atoms with Crippen LogP contribution in [0.15, 0.2) is 27.8 Å². The lowest BCUT2D eigenvalue weighted by molar-refractivity contribution is 0.600. The van der Waals surface area contributed by atoms with E-state index in [1.54, 1.807) is 6.92 Å². The monoisotopic (exact) mass is 334 g/mol. The molecule has 9 heteroatoms. The van der Waals surface area contributed by atoms with Gasteiger partial charge in [-0.3, -0.25) is 9.71 Å². The minimum atomic E-state index is -3.66. The van der Waals surface area contributed by atoms with Crippen molar-refractivity contribution in [2.24, 2.45) is 0 Å². The number of pyridine rings is 1. The van der Waals surface area contributed by atoms with Crippen LogP contribution in [0.2, 0.25) is 0 Å². The van der Waals surface area contributed by atoms with E-state index in [9.17, 15) is 8.42 Å². The third-order valence-corrected chi connectivity index (χ3v) is 4.33. The van der Waals surface area contributed by atoms with Crippen molar-refractivity contribution < 1.29 is 8.42 Å². The largest absolute Gasteiger partial charge is 0.265 e. The lowest BCUT2D eigenvalue weighted by Gasteiger charge is -2.04. The SMILES string of the molecule is Cc1nsc(NS(=O)(=O)c2cncc(Br)c2)n1. The number of rotatable bonds is 3. The van der Waals surface area contributed by atoms with Gasteiger partial charge in [-0.1, -0.05) is 0 Å². The van der Waals surface area contributed by atoms with Crippen LogP contribution in [0.3, 0.4) is 0 Å². The Morgan fingerprint density at radius 1 is 1.41 bits per heavy atom. The van der Waals surface area contributed by atoms with Crippen LogP contribution in [0.1, 0.15) is 5.82 Å². The second-order valence-corrected chi connectivity index (χ2v) is 6.44. The maximum atomic E-state index is 11.9. The molecular formula is C8H7BrN4O2S2. The molecule has 0 aliphatic carbocycles. The van der Waals surface area contributed by atoms with E-state index in [1.807, 2.05) is 0 Å². The van der Waals surface area contributed by atoms with Crippen molar-refractivity contribution in [1.29, 1.82) is 0 Å². The average molecular weight is 335 g/mol. The second kappa shape index (κ2) is 4.67. The molecule has 0 aliphatic rings. The molecule has 0 aliphatic heterocycles. The van der Waals surface area contributed by atoms with Crippen molar-refractivity contribution in [3.8, 4) is 0 Å². The molecule has 0 unspecified atom stereocenters. The van der Waals surface area contributed by atoms with Crippen LogP contribution in [0.4, 0.5) is 5.13 Å². The van der Waals surface area contributed by atoms with Crippen LogP contribution < -0.4 is 4.72 Å². The zero-order valence-corrected chi connectivity index (χ0v) is 11.8. The summed E-state index contributed by atoms with van der Waals surface area (Å²) < 4.78 is 30.7. The quantitative estimate of drug-likeness (QED) is 0.925. The smallest absolute Gasteiger partial charge is 0.262 e. The number of sulfonamides is 1. The Hall–Kier alpha value is -1.06. The molecule has 0 amide bonds. The van der Waals surface area contributed by atoms with Gasteiger partial charge in [0.2, 0.25) is 5.13 Å². The van der Waals surface area contributed by atoms with Gasteiger partial charge in [0.1, 0.15) is 10.7 Å². The van der Waals surface area contributed by atoms with Gasteiger partial charge in [0.05, 0.1) is 0 Å². The van der Waals surface area contributed by atoms with Crippen LogP contribution in [0, 0.1) is 6.92 Å². The van der Waals surface area contributed by atoms with Crippen LogP contribution >= 0.6 is 27.5 Å². The first kappa shape index (κ1) is 12.4. The standard InChI is InChI=1S/C8H7BrN4O2S2/c1-5-11-8(16-12-5)13-17(14,15)7-2-6(9)3-10-4-7/h2-4H,1H3,(H,11,12,13). The first-order valence-corrected chi connectivity index (χ1v) is 7.46. The average Bonchev–Trinajstić information content (AvgIpc) is 2.63. The molecule has 0 radical (unpaired) electrons. The summed E-state index contributed by atoms with van der Waals surface area (Å²) in [5, 5.41) is 0.238. The molecule has 0 fully saturated rings. The number of hydrogen-bond acceptors (Lipinski definition) is 6. The van der Waals surface area contributed by atoms with Gasteiger partial charge in [0.15, 0.2) is 0 Å². The van der Waals surface area contributed by atoms with Crippen molar-refractivity contribution in [2.75, 3.05) is 4.72 Å². The number of halogens is 1. The molecule has 2 aromatic heterocycles. The molecule has 1 N–H and O–H groups in total. The third-order valence-electron chi connectivity index (χ3n) is 1.74. The third kappa shape index (κ3) is 2.99. The molecule has 90 valence electrons. The van der Waals surface area contributed by atoms with Gasteiger partial charge in [0.25, 0.3) is 10.0 Å². The van der Waals surface area contributed by atoms with Crippen LogP contribution in [-0.4, -0.2) is 22.8 Å². The summed E-state index contributed by atoms with van der Waals surface area (Å²) in [4.78, 5) is 7.80. The van der Waals surface area contributed by atoms with Gasteiger partial charge in [-0.05, 0) is 28.9 Å². The van der Waals surface area contributed by atoms with Crippen molar-refractivity contribution >= 4 is 42.6 Å². The molecule has 0 spiro atoms. The van der Waals surface area contributed by atoms with E-state index in [2.05, 4.69) is 35.0 Å². The molecular weight excluding hydrogens is 328 g/mol. The lowest BCUT2D eigenvalue weighted by atomic mass is 10.5. The van der Waals surface area contributed by atoms with E-state index in [0.717, 1.165) is 11.5 Å². The van der Waals surface area contributed by atoms with Gasteiger partial charge < -0.3 is 0 Å². The summed E-state index contributed by atoms with van der Waals surface area (Å²) >= 11 is 4.16. The molecule has 17 heavy (non-hydrogen) atoms. The summed E-state index contributed by atoms with van der Waals surface area (Å²) in [6.07, 6.45) is 2.77. The number of aromatic nitrogens is 3. The second-order valence-electron chi connectivity index (χ2n) is 3.09. The molecule has 0 saturated carbocycles. The van der Waals surface area contributed by atoms with Crippen molar-refractivity contribution in [3.63, 3.8) is 0 Å². The molecule has 0 saturated heterocycles. The number of nitrogens with zero attached hydrogens (tertiary/aromatic N) is 3. The van der Waals surface area contributed by atoms with E-state index in [1.165, 1.54) is 18.5 Å². The van der Waals surface area contributed by atoms with Crippen molar-refractivity contribution in [2.45, 2.75) is 11.8 Å². The predicted molar refractivity (Wildman–Crippen MR) is 67.4 cm³/mol. The van der Waals surface area contributed by atoms with Crippen molar-refractivity contribution in [3.05, 3.63) is 28.8 Å². The summed E-state index contributed by atoms with van der Waals surface area (Å²) in [6.45, 7) is 1.69. The Bertz CT molecular complexity index is 640. The highest BCUT2D eigenvalue weighted by molar-refractivity contribution is 9.10. The summed E-state index contributed by atoms with van der Waals surface area (Å²) in [5.74, 6) is 0.528. The Labute approximate surface area is 110 Å². The zero-order valence-electron chi connectivity index (χ0n) is 8.58. The number of hydrogen-bond donors (Lipinski definition) is 1. The summed E-state index contributed by atoms with van der Waals surface area (Å²) in [5.41, 5.74) is 0. The normalized spacial score (nSPS) is 11.4. The van der Waals surface area contributed by atoms with Gasteiger partial charge in [-0.25, -0.2) is 13.4 Å². The van der Waals surface area contributed by atoms with E-state index >= 15 is 0 Å². The van der Waals surface area contributed by atoms with Gasteiger partial charge >= 0.3 is 0 Å². The predicted octanol–water partition coefficient (Wildman–Crippen LogP) is 1.80. The Morgan fingerprint density at radius 2 is 2.18 bits per heavy atom. The molecule has 2 heterocycles. The molecule has 2 aromatic rings. The lowest BCUT2D eigenvalue weighted by Crippen LogP contribution is -2.13. The Balaban J connectivity index is 2.31. The van der Waals surface area contributed by atoms with Gasteiger partial charge in [-0.2, -0.15) is 4.37 Å². The van der Waals surface area contributed by atoms with Crippen LogP contribution in [-0.2, 0) is 10.0 Å².